The first-order valence-corrected chi connectivity index (χ1v) is 8.63. The third-order valence-electron chi connectivity index (χ3n) is 3.76. The first kappa shape index (κ1) is 15.7. The maximum Gasteiger partial charge on any atom is 0.174 e. The Morgan fingerprint density at radius 3 is 2.91 bits per heavy atom. The number of hydrogen-bond acceptors (Lipinski definition) is 6. The number of amidine groups is 1. The van der Waals surface area contributed by atoms with Gasteiger partial charge in [-0.15, -0.1) is 11.3 Å². The van der Waals surface area contributed by atoms with E-state index in [9.17, 15) is 0 Å². The molecule has 0 saturated carbocycles. The van der Waals surface area contributed by atoms with E-state index < -0.39 is 0 Å². The van der Waals surface area contributed by atoms with Crippen LogP contribution in [0.4, 0.5) is 5.82 Å². The molecule has 6 nitrogen and oxygen atoms in total. The van der Waals surface area contributed by atoms with Crippen LogP contribution in [0.15, 0.2) is 29.7 Å². The molecule has 0 aliphatic carbocycles. The molecule has 0 unspecified atom stereocenters. The third kappa shape index (κ3) is 3.98. The topological polar surface area (TPSA) is 76.6 Å². The number of nitrogens with zero attached hydrogens (tertiary/aromatic N) is 4. The lowest BCUT2D eigenvalue weighted by molar-refractivity contribution is 0.132. The van der Waals surface area contributed by atoms with E-state index in [-0.39, 0.29) is 0 Å². The van der Waals surface area contributed by atoms with Crippen molar-refractivity contribution in [3.05, 3.63) is 40.0 Å². The number of rotatable bonds is 5. The average Bonchev–Trinajstić information content (AvgIpc) is 3.01. The minimum absolute atomic E-state index is 0.361. The van der Waals surface area contributed by atoms with Crippen LogP contribution < -0.4 is 10.6 Å². The van der Waals surface area contributed by atoms with Crippen molar-refractivity contribution in [2.24, 2.45) is 10.9 Å². The van der Waals surface area contributed by atoms with Crippen molar-refractivity contribution in [2.75, 3.05) is 18.0 Å². The van der Waals surface area contributed by atoms with Crippen molar-refractivity contribution >= 4 is 23.0 Å². The van der Waals surface area contributed by atoms with Gasteiger partial charge in [0.2, 0.25) is 0 Å². The van der Waals surface area contributed by atoms with Gasteiger partial charge in [0.25, 0.3) is 0 Å². The molecule has 1 aliphatic heterocycles. The molecule has 0 radical (unpaired) electrons. The van der Waals surface area contributed by atoms with Crippen molar-refractivity contribution in [1.29, 1.82) is 0 Å². The van der Waals surface area contributed by atoms with E-state index in [1.54, 1.807) is 23.7 Å². The number of thiazole rings is 1. The van der Waals surface area contributed by atoms with Gasteiger partial charge in [-0.2, -0.15) is 0 Å². The zero-order valence-corrected chi connectivity index (χ0v) is 14.1. The second kappa shape index (κ2) is 7.41. The summed E-state index contributed by atoms with van der Waals surface area (Å²) < 4.78 is 0. The van der Waals surface area contributed by atoms with Crippen molar-refractivity contribution in [2.45, 2.75) is 32.8 Å². The van der Waals surface area contributed by atoms with E-state index in [2.05, 4.69) is 20.0 Å². The van der Waals surface area contributed by atoms with Gasteiger partial charge in [0.15, 0.2) is 12.4 Å². The number of oxime groups is 1. The van der Waals surface area contributed by atoms with Gasteiger partial charge in [0, 0.05) is 25.5 Å². The average molecular weight is 331 g/mol. The Balaban J connectivity index is 1.70. The molecule has 7 heteroatoms. The first-order chi connectivity index (χ1) is 11.2. The predicted octanol–water partition coefficient (Wildman–Crippen LogP) is 2.67. The molecule has 122 valence electrons. The molecule has 1 saturated heterocycles. The molecule has 2 N–H and O–H groups in total. The van der Waals surface area contributed by atoms with Crippen LogP contribution in [-0.4, -0.2) is 28.9 Å². The second-order valence-electron chi connectivity index (χ2n) is 5.52. The molecular weight excluding hydrogens is 310 g/mol. The molecular formula is C16H21N5OS. The van der Waals surface area contributed by atoms with E-state index in [0.29, 0.717) is 12.4 Å². The fraction of sp³-hybridized carbons (Fsp3) is 0.438. The van der Waals surface area contributed by atoms with E-state index in [0.717, 1.165) is 34.4 Å². The number of anilines is 1. The van der Waals surface area contributed by atoms with Gasteiger partial charge in [-0.3, -0.25) is 0 Å². The summed E-state index contributed by atoms with van der Waals surface area (Å²) >= 11 is 1.59. The Kier molecular flexibility index (Phi) is 5.07. The summed E-state index contributed by atoms with van der Waals surface area (Å²) in [5.74, 6) is 1.26. The Morgan fingerprint density at radius 1 is 1.35 bits per heavy atom. The zero-order chi connectivity index (χ0) is 16.1. The van der Waals surface area contributed by atoms with Crippen LogP contribution in [0.1, 0.15) is 34.7 Å². The van der Waals surface area contributed by atoms with Crippen LogP contribution in [0.5, 0.6) is 0 Å². The number of nitrogens with two attached hydrogens (primary N) is 1. The third-order valence-corrected chi connectivity index (χ3v) is 4.64. The number of piperidine rings is 1. The van der Waals surface area contributed by atoms with Crippen LogP contribution >= 0.6 is 11.3 Å². The zero-order valence-electron chi connectivity index (χ0n) is 13.2. The fourth-order valence-corrected chi connectivity index (χ4v) is 3.34. The second-order valence-corrected chi connectivity index (χ2v) is 6.84. The van der Waals surface area contributed by atoms with Crippen LogP contribution in [0.2, 0.25) is 0 Å². The summed E-state index contributed by atoms with van der Waals surface area (Å²) in [5, 5.41) is 5.08. The molecule has 0 atom stereocenters. The van der Waals surface area contributed by atoms with E-state index in [1.165, 1.54) is 19.3 Å². The number of hydrogen-bond donors (Lipinski definition) is 1. The number of aromatic nitrogens is 2. The van der Waals surface area contributed by atoms with E-state index in [4.69, 9.17) is 10.6 Å². The summed E-state index contributed by atoms with van der Waals surface area (Å²) in [6.07, 6.45) is 7.25. The summed E-state index contributed by atoms with van der Waals surface area (Å²) in [4.78, 5) is 17.4. The van der Waals surface area contributed by atoms with Crippen LogP contribution in [0.25, 0.3) is 0 Å². The molecule has 23 heavy (non-hydrogen) atoms. The molecule has 0 spiro atoms. The van der Waals surface area contributed by atoms with Gasteiger partial charge in [0.05, 0.1) is 15.4 Å². The highest BCUT2D eigenvalue weighted by atomic mass is 32.1. The lowest BCUT2D eigenvalue weighted by Gasteiger charge is -2.29. The van der Waals surface area contributed by atoms with Gasteiger partial charge in [-0.1, -0.05) is 5.16 Å². The molecule has 3 rings (SSSR count). The first-order valence-electron chi connectivity index (χ1n) is 7.81. The van der Waals surface area contributed by atoms with Crippen molar-refractivity contribution in [3.63, 3.8) is 0 Å². The Labute approximate surface area is 140 Å². The monoisotopic (exact) mass is 331 g/mol. The summed E-state index contributed by atoms with van der Waals surface area (Å²) in [7, 11) is 0. The molecule has 2 aromatic rings. The Morgan fingerprint density at radius 2 is 2.17 bits per heavy atom. The molecule has 0 bridgehead atoms. The molecule has 1 aliphatic rings. The molecule has 0 aromatic carbocycles. The van der Waals surface area contributed by atoms with Crippen LogP contribution in [-0.2, 0) is 11.4 Å². The lowest BCUT2D eigenvalue weighted by atomic mass is 10.1. The predicted molar refractivity (Wildman–Crippen MR) is 92.7 cm³/mol. The highest BCUT2D eigenvalue weighted by Crippen LogP contribution is 2.21. The van der Waals surface area contributed by atoms with Crippen molar-refractivity contribution in [3.8, 4) is 0 Å². The van der Waals surface area contributed by atoms with Crippen LogP contribution in [0, 0.1) is 6.92 Å². The SMILES string of the molecule is Cc1ncc(CON=C(N)c2cccnc2N2CCCCC2)s1. The number of pyridine rings is 1. The lowest BCUT2D eigenvalue weighted by Crippen LogP contribution is -2.32. The van der Waals surface area contributed by atoms with Crippen molar-refractivity contribution in [1.82, 2.24) is 9.97 Å². The van der Waals surface area contributed by atoms with Gasteiger partial charge >= 0.3 is 0 Å². The highest BCUT2D eigenvalue weighted by Gasteiger charge is 2.17. The molecule has 3 heterocycles. The summed E-state index contributed by atoms with van der Waals surface area (Å²) in [5.41, 5.74) is 6.95. The maximum absolute atomic E-state index is 6.12. The van der Waals surface area contributed by atoms with Gasteiger partial charge in [0.1, 0.15) is 5.82 Å². The van der Waals surface area contributed by atoms with Gasteiger partial charge < -0.3 is 15.5 Å². The van der Waals surface area contributed by atoms with Crippen molar-refractivity contribution < 1.29 is 4.84 Å². The summed E-state index contributed by atoms with van der Waals surface area (Å²) in [6, 6.07) is 3.81. The minimum atomic E-state index is 0.361. The van der Waals surface area contributed by atoms with Crippen LogP contribution in [0.3, 0.4) is 0 Å². The normalized spacial score (nSPS) is 15.7. The fourth-order valence-electron chi connectivity index (χ4n) is 2.64. The highest BCUT2D eigenvalue weighted by molar-refractivity contribution is 7.11. The smallest absolute Gasteiger partial charge is 0.174 e. The Hall–Kier alpha value is -2.15. The molecule has 2 aromatic heterocycles. The summed E-state index contributed by atoms with van der Waals surface area (Å²) in [6.45, 7) is 4.37. The largest absolute Gasteiger partial charge is 0.388 e. The standard InChI is InChI=1S/C16H21N5OS/c1-12-19-10-13(23-12)11-22-20-15(17)14-6-5-7-18-16(14)21-8-3-2-4-9-21/h5-7,10H,2-4,8-9,11H2,1H3,(H2,17,20). The van der Waals surface area contributed by atoms with Gasteiger partial charge in [-0.05, 0) is 38.3 Å². The van der Waals surface area contributed by atoms with E-state index in [1.807, 2.05) is 19.1 Å². The molecule has 0 amide bonds. The Bertz CT molecular complexity index is 679. The molecule has 1 fully saturated rings. The quantitative estimate of drug-likeness (QED) is 0.518. The maximum atomic E-state index is 6.12. The number of aryl methyl sites for hydroxylation is 1. The van der Waals surface area contributed by atoms with E-state index >= 15 is 0 Å². The minimum Gasteiger partial charge on any atom is -0.388 e. The van der Waals surface area contributed by atoms with Gasteiger partial charge in [-0.25, -0.2) is 9.97 Å².